The standard InChI is InChI=1S/C12H12ClN3/c1-2-15-12(16-9-14)8-7-10-5-3-4-6-11(10)13/h3-8H,2H2,1H3,(H,15,16). The van der Waals surface area contributed by atoms with Crippen LogP contribution in [0.1, 0.15) is 12.5 Å². The van der Waals surface area contributed by atoms with Gasteiger partial charge in [0.05, 0.1) is 0 Å². The number of hydrogen-bond donors (Lipinski definition) is 1. The minimum atomic E-state index is 0.532. The molecule has 1 rings (SSSR count). The van der Waals surface area contributed by atoms with E-state index in [2.05, 4.69) is 10.3 Å². The third kappa shape index (κ3) is 3.76. The summed E-state index contributed by atoms with van der Waals surface area (Å²) in [7, 11) is 0. The Labute approximate surface area is 100 Å². The van der Waals surface area contributed by atoms with Gasteiger partial charge in [-0.1, -0.05) is 29.8 Å². The highest BCUT2D eigenvalue weighted by Gasteiger charge is 1.95. The Morgan fingerprint density at radius 3 is 2.94 bits per heavy atom. The first-order chi connectivity index (χ1) is 7.77. The maximum Gasteiger partial charge on any atom is 0.207 e. The average Bonchev–Trinajstić information content (AvgIpc) is 2.28. The van der Waals surface area contributed by atoms with Crippen LogP contribution < -0.4 is 5.32 Å². The number of halogens is 1. The summed E-state index contributed by atoms with van der Waals surface area (Å²) in [6, 6.07) is 7.48. The number of nitrogens with one attached hydrogen (secondary N) is 1. The normalized spacial score (nSPS) is 11.4. The van der Waals surface area contributed by atoms with Crippen molar-refractivity contribution >= 4 is 23.5 Å². The zero-order valence-corrected chi connectivity index (χ0v) is 9.70. The van der Waals surface area contributed by atoms with Gasteiger partial charge in [0, 0.05) is 11.6 Å². The van der Waals surface area contributed by atoms with E-state index in [1.165, 1.54) is 0 Å². The molecule has 3 nitrogen and oxygen atoms in total. The lowest BCUT2D eigenvalue weighted by Crippen LogP contribution is -2.20. The van der Waals surface area contributed by atoms with E-state index < -0.39 is 0 Å². The molecule has 0 aliphatic rings. The molecule has 0 saturated heterocycles. The monoisotopic (exact) mass is 233 g/mol. The molecule has 0 bridgehead atoms. The lowest BCUT2D eigenvalue weighted by atomic mass is 10.2. The van der Waals surface area contributed by atoms with Crippen molar-refractivity contribution in [3.8, 4) is 6.19 Å². The molecule has 0 spiro atoms. The highest BCUT2D eigenvalue weighted by atomic mass is 35.5. The van der Waals surface area contributed by atoms with Crippen LogP contribution >= 0.6 is 11.6 Å². The summed E-state index contributed by atoms with van der Waals surface area (Å²) in [5.74, 6) is 0.532. The molecule has 0 radical (unpaired) electrons. The SMILES string of the molecule is CCNC(C=Cc1ccccc1Cl)=NC#N. The Bertz CT molecular complexity index is 444. The van der Waals surface area contributed by atoms with Crippen LogP contribution in [0.15, 0.2) is 35.3 Å². The van der Waals surface area contributed by atoms with Crippen LogP contribution in [-0.2, 0) is 0 Å². The highest BCUT2D eigenvalue weighted by molar-refractivity contribution is 6.32. The maximum absolute atomic E-state index is 8.48. The lowest BCUT2D eigenvalue weighted by molar-refractivity contribution is 0.971. The van der Waals surface area contributed by atoms with Crippen molar-refractivity contribution in [3.05, 3.63) is 40.9 Å². The third-order valence-corrected chi connectivity index (χ3v) is 2.20. The molecule has 4 heteroatoms. The maximum atomic E-state index is 8.48. The molecule has 1 aromatic rings. The largest absolute Gasteiger partial charge is 0.370 e. The predicted octanol–water partition coefficient (Wildman–Crippen LogP) is 2.84. The predicted molar refractivity (Wildman–Crippen MR) is 67.2 cm³/mol. The second-order valence-electron chi connectivity index (χ2n) is 2.98. The minimum Gasteiger partial charge on any atom is -0.370 e. The second-order valence-corrected chi connectivity index (χ2v) is 3.39. The molecule has 0 atom stereocenters. The molecule has 0 amide bonds. The molecular formula is C12H12ClN3. The molecule has 0 aromatic heterocycles. The van der Waals surface area contributed by atoms with Crippen molar-refractivity contribution in [1.29, 1.82) is 5.26 Å². The first-order valence-electron chi connectivity index (χ1n) is 4.91. The van der Waals surface area contributed by atoms with Gasteiger partial charge in [-0.05, 0) is 30.7 Å². The van der Waals surface area contributed by atoms with Gasteiger partial charge in [0.15, 0.2) is 0 Å². The van der Waals surface area contributed by atoms with Crippen LogP contribution in [-0.4, -0.2) is 12.4 Å². The summed E-state index contributed by atoms with van der Waals surface area (Å²) >= 11 is 5.99. The number of nitriles is 1. The van der Waals surface area contributed by atoms with E-state index in [1.807, 2.05) is 37.3 Å². The molecule has 0 fully saturated rings. The fourth-order valence-electron chi connectivity index (χ4n) is 1.15. The Kier molecular flexibility index (Phi) is 5.10. The number of likely N-dealkylation sites (N-methyl/N-ethyl adjacent to an activating group) is 1. The van der Waals surface area contributed by atoms with Crippen molar-refractivity contribution in [2.75, 3.05) is 6.54 Å². The van der Waals surface area contributed by atoms with Gasteiger partial charge in [-0.3, -0.25) is 0 Å². The molecule has 0 aliphatic heterocycles. The van der Waals surface area contributed by atoms with Crippen molar-refractivity contribution in [1.82, 2.24) is 5.32 Å². The van der Waals surface area contributed by atoms with Gasteiger partial charge in [-0.25, -0.2) is 0 Å². The van der Waals surface area contributed by atoms with Gasteiger partial charge in [0.25, 0.3) is 0 Å². The molecule has 0 heterocycles. The molecule has 0 aliphatic carbocycles. The summed E-state index contributed by atoms with van der Waals surface area (Å²) in [4.78, 5) is 3.64. The van der Waals surface area contributed by atoms with E-state index in [-0.39, 0.29) is 0 Å². The van der Waals surface area contributed by atoms with Crippen LogP contribution in [0.4, 0.5) is 0 Å². The minimum absolute atomic E-state index is 0.532. The molecule has 0 saturated carbocycles. The molecule has 82 valence electrons. The zero-order chi connectivity index (χ0) is 11.8. The Morgan fingerprint density at radius 1 is 1.56 bits per heavy atom. The van der Waals surface area contributed by atoms with Crippen LogP contribution in [0, 0.1) is 11.5 Å². The quantitative estimate of drug-likeness (QED) is 0.496. The topological polar surface area (TPSA) is 48.2 Å². The van der Waals surface area contributed by atoms with Crippen LogP contribution in [0.25, 0.3) is 6.08 Å². The number of aliphatic imine (C=N–C) groups is 1. The fourth-order valence-corrected chi connectivity index (χ4v) is 1.35. The first-order valence-corrected chi connectivity index (χ1v) is 5.29. The summed E-state index contributed by atoms with van der Waals surface area (Å²) in [5, 5.41) is 12.1. The molecule has 1 N–H and O–H groups in total. The van der Waals surface area contributed by atoms with E-state index >= 15 is 0 Å². The van der Waals surface area contributed by atoms with E-state index in [4.69, 9.17) is 16.9 Å². The van der Waals surface area contributed by atoms with Gasteiger partial charge in [0.2, 0.25) is 6.19 Å². The number of rotatable bonds is 3. The lowest BCUT2D eigenvalue weighted by Gasteiger charge is -2.00. The Hall–Kier alpha value is -1.79. The first kappa shape index (κ1) is 12.3. The third-order valence-electron chi connectivity index (χ3n) is 1.85. The number of benzene rings is 1. The number of amidine groups is 1. The van der Waals surface area contributed by atoms with Crippen molar-refractivity contribution < 1.29 is 0 Å². The van der Waals surface area contributed by atoms with Gasteiger partial charge < -0.3 is 5.32 Å². The summed E-state index contributed by atoms with van der Waals surface area (Å²) < 4.78 is 0. The summed E-state index contributed by atoms with van der Waals surface area (Å²) in [5.41, 5.74) is 0.896. The second kappa shape index (κ2) is 6.65. The van der Waals surface area contributed by atoms with Crippen molar-refractivity contribution in [2.45, 2.75) is 6.92 Å². The van der Waals surface area contributed by atoms with Gasteiger partial charge in [-0.2, -0.15) is 10.3 Å². The van der Waals surface area contributed by atoms with E-state index in [9.17, 15) is 0 Å². The van der Waals surface area contributed by atoms with Crippen LogP contribution in [0.5, 0.6) is 0 Å². The van der Waals surface area contributed by atoms with Gasteiger partial charge >= 0.3 is 0 Å². The van der Waals surface area contributed by atoms with Crippen molar-refractivity contribution in [2.24, 2.45) is 4.99 Å². The van der Waals surface area contributed by atoms with Crippen molar-refractivity contribution in [3.63, 3.8) is 0 Å². The smallest absolute Gasteiger partial charge is 0.207 e. The van der Waals surface area contributed by atoms with Gasteiger partial charge in [0.1, 0.15) is 5.84 Å². The van der Waals surface area contributed by atoms with E-state index in [1.54, 1.807) is 12.3 Å². The van der Waals surface area contributed by atoms with Crippen LogP contribution in [0.3, 0.4) is 0 Å². The Balaban J connectivity index is 2.83. The summed E-state index contributed by atoms with van der Waals surface area (Å²) in [6.45, 7) is 2.66. The number of hydrogen-bond acceptors (Lipinski definition) is 2. The number of nitrogens with zero attached hydrogens (tertiary/aromatic N) is 2. The Morgan fingerprint density at radius 2 is 2.31 bits per heavy atom. The fraction of sp³-hybridized carbons (Fsp3) is 0.167. The highest BCUT2D eigenvalue weighted by Crippen LogP contribution is 2.15. The van der Waals surface area contributed by atoms with E-state index in [0.29, 0.717) is 17.4 Å². The zero-order valence-electron chi connectivity index (χ0n) is 8.94. The average molecular weight is 234 g/mol. The molecule has 0 unspecified atom stereocenters. The van der Waals surface area contributed by atoms with Gasteiger partial charge in [-0.15, -0.1) is 0 Å². The molecular weight excluding hydrogens is 222 g/mol. The molecule has 16 heavy (non-hydrogen) atoms. The van der Waals surface area contributed by atoms with Crippen LogP contribution in [0.2, 0.25) is 5.02 Å². The van der Waals surface area contributed by atoms with E-state index in [0.717, 1.165) is 5.56 Å². The molecule has 1 aromatic carbocycles. The summed E-state index contributed by atoms with van der Waals surface area (Å²) in [6.07, 6.45) is 5.30.